The number of halogens is 1. The normalized spacial score (nSPS) is 13.6. The van der Waals surface area contributed by atoms with E-state index in [2.05, 4.69) is 39.5 Å². The van der Waals surface area contributed by atoms with Crippen molar-refractivity contribution in [2.75, 3.05) is 6.61 Å². The van der Waals surface area contributed by atoms with Crippen molar-refractivity contribution in [3.63, 3.8) is 0 Å². The Labute approximate surface area is 95.9 Å². The maximum absolute atomic E-state index is 5.60. The summed E-state index contributed by atoms with van der Waals surface area (Å²) in [6.07, 6.45) is 1.73. The van der Waals surface area contributed by atoms with Crippen LogP contribution < -0.4 is 5.73 Å². The number of hydrogen-bond donors (Lipinski definition) is 1. The zero-order valence-electron chi connectivity index (χ0n) is 8.08. The van der Waals surface area contributed by atoms with E-state index in [0.29, 0.717) is 18.4 Å². The summed E-state index contributed by atoms with van der Waals surface area (Å²) in [5.41, 5.74) is 6.46. The zero-order chi connectivity index (χ0) is 10.3. The van der Waals surface area contributed by atoms with Crippen molar-refractivity contribution in [2.24, 2.45) is 16.0 Å². The summed E-state index contributed by atoms with van der Waals surface area (Å²) in [5, 5.41) is 0. The van der Waals surface area contributed by atoms with Gasteiger partial charge in [-0.15, -0.1) is 0 Å². The van der Waals surface area contributed by atoms with Crippen LogP contribution in [0.25, 0.3) is 0 Å². The topological polar surface area (TPSA) is 47.6 Å². The average Bonchev–Trinajstić information content (AvgIpc) is 2.01. The molecular weight excluding hydrogens is 299 g/mol. The van der Waals surface area contributed by atoms with E-state index in [4.69, 9.17) is 10.5 Å². The Bertz CT molecular complexity index is 204. The van der Waals surface area contributed by atoms with Crippen molar-refractivity contribution in [1.29, 1.82) is 0 Å². The molecule has 5 heteroatoms. The summed E-state index contributed by atoms with van der Waals surface area (Å²) >= 11 is 2.10. The Morgan fingerprint density at radius 3 is 2.77 bits per heavy atom. The molecule has 0 aromatic rings. The minimum atomic E-state index is 0.431. The van der Waals surface area contributed by atoms with Crippen molar-refractivity contribution in [1.82, 2.24) is 0 Å². The van der Waals surface area contributed by atoms with Crippen LogP contribution in [-0.4, -0.2) is 12.3 Å². The van der Waals surface area contributed by atoms with Gasteiger partial charge in [0.25, 0.3) is 0 Å². The number of hydrogen-bond acceptors (Lipinski definition) is 4. The van der Waals surface area contributed by atoms with Gasteiger partial charge in [0, 0.05) is 36.4 Å². The molecule has 2 N–H and O–H groups in total. The van der Waals surface area contributed by atoms with Crippen LogP contribution in [0.1, 0.15) is 20.8 Å². The molecule has 0 heterocycles. The van der Waals surface area contributed by atoms with Crippen LogP contribution in [0.15, 0.2) is 16.4 Å². The number of allylic oxidation sites excluding steroid dienone is 1. The first-order valence-corrected chi connectivity index (χ1v) is 7.30. The molecule has 0 amide bonds. The van der Waals surface area contributed by atoms with E-state index in [9.17, 15) is 0 Å². The Morgan fingerprint density at radius 2 is 2.31 bits per heavy atom. The molecule has 0 saturated carbocycles. The summed E-state index contributed by atoms with van der Waals surface area (Å²) in [6.45, 7) is 6.69. The van der Waals surface area contributed by atoms with Crippen LogP contribution in [0.5, 0.6) is 0 Å². The third kappa shape index (κ3) is 8.42. The fourth-order valence-corrected chi connectivity index (χ4v) is 1.68. The lowest BCUT2D eigenvalue weighted by Gasteiger charge is -2.07. The van der Waals surface area contributed by atoms with Crippen molar-refractivity contribution < 1.29 is 4.74 Å². The summed E-state index contributed by atoms with van der Waals surface area (Å²) in [4.78, 5) is 0. The molecule has 0 atom stereocenters. The maximum Gasteiger partial charge on any atom is 0.185 e. The molecule has 0 aromatic carbocycles. The van der Waals surface area contributed by atoms with Gasteiger partial charge in [0.1, 0.15) is 0 Å². The molecule has 0 unspecified atom stereocenters. The van der Waals surface area contributed by atoms with Crippen molar-refractivity contribution in [3.8, 4) is 0 Å². The van der Waals surface area contributed by atoms with Crippen LogP contribution in [0, 0.1) is 5.92 Å². The van der Waals surface area contributed by atoms with Gasteiger partial charge < -0.3 is 10.5 Å². The Hall–Kier alpha value is 0.0900. The van der Waals surface area contributed by atoms with Gasteiger partial charge in [-0.25, -0.2) is 4.40 Å². The Balaban J connectivity index is 3.94. The first-order chi connectivity index (χ1) is 6.06. The summed E-state index contributed by atoms with van der Waals surface area (Å²) in [7, 11) is 1.38. The molecule has 3 nitrogen and oxygen atoms in total. The van der Waals surface area contributed by atoms with Crippen LogP contribution >= 0.6 is 30.3 Å². The lowest BCUT2D eigenvalue weighted by Crippen LogP contribution is -2.09. The van der Waals surface area contributed by atoms with E-state index in [0.717, 1.165) is 5.71 Å². The highest BCUT2D eigenvalue weighted by Crippen LogP contribution is 2.12. The Kier molecular flexibility index (Phi) is 7.54. The van der Waals surface area contributed by atoms with E-state index in [1.54, 1.807) is 6.08 Å². The van der Waals surface area contributed by atoms with E-state index < -0.39 is 0 Å². The minimum Gasteiger partial charge on any atom is -0.479 e. The highest BCUT2D eigenvalue weighted by molar-refractivity contribution is 14.2. The highest BCUT2D eigenvalue weighted by Gasteiger charge is 1.96. The second-order valence-corrected chi connectivity index (χ2v) is 4.56. The average molecular weight is 314 g/mol. The first kappa shape index (κ1) is 13.1. The second kappa shape index (κ2) is 7.49. The van der Waals surface area contributed by atoms with Gasteiger partial charge in [0.2, 0.25) is 0 Å². The summed E-state index contributed by atoms with van der Waals surface area (Å²) in [5.74, 6) is 0.920. The molecule has 0 rings (SSSR count). The standard InChI is InChI=1S/C8H15IN2OS/c1-6(2)5-12-8(10)4-7(3)11-13-9/h4,6H,5,10H2,1-3H3. The molecule has 0 spiro atoms. The van der Waals surface area contributed by atoms with E-state index >= 15 is 0 Å². The minimum absolute atomic E-state index is 0.431. The quantitative estimate of drug-likeness (QED) is 0.367. The molecule has 13 heavy (non-hydrogen) atoms. The smallest absolute Gasteiger partial charge is 0.185 e. The molecule has 0 aliphatic carbocycles. The molecule has 0 radical (unpaired) electrons. The van der Waals surface area contributed by atoms with Crippen LogP contribution in [-0.2, 0) is 4.74 Å². The van der Waals surface area contributed by atoms with Crippen LogP contribution in [0.2, 0.25) is 0 Å². The SMILES string of the molecule is CC(C=C(N)OCC(C)C)=NSI. The van der Waals surface area contributed by atoms with Gasteiger partial charge in [-0.1, -0.05) is 13.8 Å². The van der Waals surface area contributed by atoms with Crippen molar-refractivity contribution >= 4 is 36.0 Å². The fourth-order valence-electron chi connectivity index (χ4n) is 0.591. The predicted molar refractivity (Wildman–Crippen MR) is 67.8 cm³/mol. The lowest BCUT2D eigenvalue weighted by atomic mass is 10.2. The van der Waals surface area contributed by atoms with Gasteiger partial charge >= 0.3 is 0 Å². The molecule has 0 fully saturated rings. The third-order valence-corrected chi connectivity index (χ3v) is 2.06. The molecule has 0 bridgehead atoms. The van der Waals surface area contributed by atoms with Gasteiger partial charge in [-0.2, -0.15) is 0 Å². The first-order valence-electron chi connectivity index (χ1n) is 3.98. The van der Waals surface area contributed by atoms with E-state index in [-0.39, 0.29) is 0 Å². The molecule has 0 aliphatic heterocycles. The zero-order valence-corrected chi connectivity index (χ0v) is 11.1. The molecular formula is C8H15IN2OS. The number of nitrogens with zero attached hydrogens (tertiary/aromatic N) is 1. The molecule has 76 valence electrons. The predicted octanol–water partition coefficient (Wildman–Crippen LogP) is 2.92. The van der Waals surface area contributed by atoms with Crippen LogP contribution in [0.3, 0.4) is 0 Å². The Morgan fingerprint density at radius 1 is 1.69 bits per heavy atom. The van der Waals surface area contributed by atoms with Gasteiger partial charge in [0.15, 0.2) is 5.88 Å². The van der Waals surface area contributed by atoms with Crippen molar-refractivity contribution in [3.05, 3.63) is 12.0 Å². The molecule has 0 aliphatic rings. The monoisotopic (exact) mass is 314 g/mol. The van der Waals surface area contributed by atoms with E-state index in [1.807, 2.05) is 6.92 Å². The largest absolute Gasteiger partial charge is 0.479 e. The van der Waals surface area contributed by atoms with Crippen molar-refractivity contribution in [2.45, 2.75) is 20.8 Å². The van der Waals surface area contributed by atoms with Gasteiger partial charge in [-0.05, 0) is 12.8 Å². The highest BCUT2D eigenvalue weighted by atomic mass is 127. The van der Waals surface area contributed by atoms with E-state index in [1.165, 1.54) is 9.12 Å². The fraction of sp³-hybridized carbons (Fsp3) is 0.625. The maximum atomic E-state index is 5.60. The summed E-state index contributed by atoms with van der Waals surface area (Å²) < 4.78 is 9.34. The molecule has 0 aromatic heterocycles. The third-order valence-electron chi connectivity index (χ3n) is 1.11. The number of rotatable bonds is 5. The summed E-state index contributed by atoms with van der Waals surface area (Å²) in [6, 6.07) is 0. The molecule has 0 saturated heterocycles. The number of ether oxygens (including phenoxy) is 1. The van der Waals surface area contributed by atoms with Gasteiger partial charge in [0.05, 0.1) is 12.3 Å². The van der Waals surface area contributed by atoms with Crippen LogP contribution in [0.4, 0.5) is 0 Å². The number of nitrogens with two attached hydrogens (primary N) is 1. The lowest BCUT2D eigenvalue weighted by molar-refractivity contribution is 0.177. The van der Waals surface area contributed by atoms with Gasteiger partial charge in [-0.3, -0.25) is 0 Å². The second-order valence-electron chi connectivity index (χ2n) is 3.05.